The lowest BCUT2D eigenvalue weighted by Gasteiger charge is -2.21. The third-order valence-electron chi connectivity index (χ3n) is 18.9. The summed E-state index contributed by atoms with van der Waals surface area (Å²) in [5.41, 5.74) is 0. The number of carbonyl (C=O) groups excluding carboxylic acids is 4. The molecule has 0 aliphatic heterocycles. The molecule has 0 aromatic carbocycles. The maximum atomic E-state index is 13.1. The molecule has 0 radical (unpaired) electrons. The maximum absolute atomic E-state index is 13.1. The molecular formula is C80H156O17P2. The molecule has 99 heavy (non-hydrogen) atoms. The lowest BCUT2D eigenvalue weighted by molar-refractivity contribution is -0.161. The van der Waals surface area contributed by atoms with E-state index >= 15 is 0 Å². The Morgan fingerprint density at radius 3 is 0.596 bits per heavy atom. The van der Waals surface area contributed by atoms with Crippen LogP contribution in [-0.4, -0.2) is 96.7 Å². The van der Waals surface area contributed by atoms with E-state index in [1.165, 1.54) is 263 Å². The Morgan fingerprint density at radius 2 is 0.404 bits per heavy atom. The van der Waals surface area contributed by atoms with E-state index in [4.69, 9.17) is 37.0 Å². The quantitative estimate of drug-likeness (QED) is 0.0222. The smallest absolute Gasteiger partial charge is 0.462 e. The minimum absolute atomic E-state index is 0.108. The van der Waals surface area contributed by atoms with E-state index < -0.39 is 97.5 Å². The largest absolute Gasteiger partial charge is 0.472 e. The molecule has 0 spiro atoms. The highest BCUT2D eigenvalue weighted by Gasteiger charge is 2.30. The molecule has 0 amide bonds. The van der Waals surface area contributed by atoms with Crippen LogP contribution in [0.15, 0.2) is 0 Å². The number of phosphoric ester groups is 2. The van der Waals surface area contributed by atoms with Crippen molar-refractivity contribution in [1.82, 2.24) is 0 Å². The highest BCUT2D eigenvalue weighted by molar-refractivity contribution is 7.47. The summed E-state index contributed by atoms with van der Waals surface area (Å²) < 4.78 is 68.7. The normalized spacial score (nSPS) is 13.8. The van der Waals surface area contributed by atoms with Gasteiger partial charge >= 0.3 is 39.5 Å². The number of unbranched alkanes of at least 4 members (excludes halogenated alkanes) is 55. The number of phosphoric acid groups is 2. The zero-order valence-electron chi connectivity index (χ0n) is 64.5. The van der Waals surface area contributed by atoms with Crippen LogP contribution in [-0.2, 0) is 65.4 Å². The fourth-order valence-corrected chi connectivity index (χ4v) is 14.0. The van der Waals surface area contributed by atoms with Gasteiger partial charge in [-0.05, 0) is 25.7 Å². The zero-order valence-corrected chi connectivity index (χ0v) is 66.3. The van der Waals surface area contributed by atoms with Crippen LogP contribution in [0.1, 0.15) is 432 Å². The monoisotopic (exact) mass is 1450 g/mol. The number of carbonyl (C=O) groups is 4. The summed E-state index contributed by atoms with van der Waals surface area (Å²) in [5, 5.41) is 10.6. The van der Waals surface area contributed by atoms with E-state index in [0.29, 0.717) is 25.7 Å². The van der Waals surface area contributed by atoms with Crippen LogP contribution in [0.25, 0.3) is 0 Å². The van der Waals surface area contributed by atoms with Crippen molar-refractivity contribution in [2.24, 2.45) is 0 Å². The molecule has 0 aliphatic carbocycles. The lowest BCUT2D eigenvalue weighted by Crippen LogP contribution is -2.30. The minimum Gasteiger partial charge on any atom is -0.462 e. The Morgan fingerprint density at radius 1 is 0.242 bits per heavy atom. The number of hydrogen-bond donors (Lipinski definition) is 3. The van der Waals surface area contributed by atoms with Crippen molar-refractivity contribution in [2.75, 3.05) is 39.6 Å². The van der Waals surface area contributed by atoms with Crippen molar-refractivity contribution in [1.29, 1.82) is 0 Å². The Hall–Kier alpha value is -1.94. The fourth-order valence-electron chi connectivity index (χ4n) is 12.5. The summed E-state index contributed by atoms with van der Waals surface area (Å²) in [7, 11) is -9.91. The van der Waals surface area contributed by atoms with Gasteiger partial charge in [-0.2, -0.15) is 0 Å². The topological polar surface area (TPSA) is 237 Å². The van der Waals surface area contributed by atoms with Crippen LogP contribution in [0.5, 0.6) is 0 Å². The molecule has 0 saturated carbocycles. The van der Waals surface area contributed by atoms with E-state index in [2.05, 4.69) is 27.7 Å². The van der Waals surface area contributed by atoms with Gasteiger partial charge in [-0.1, -0.05) is 381 Å². The number of aliphatic hydroxyl groups is 1. The molecule has 0 rings (SSSR count). The van der Waals surface area contributed by atoms with Crippen LogP contribution < -0.4 is 0 Å². The van der Waals surface area contributed by atoms with E-state index in [1.54, 1.807) is 0 Å². The summed E-state index contributed by atoms with van der Waals surface area (Å²) in [6, 6.07) is 0. The highest BCUT2D eigenvalue weighted by Crippen LogP contribution is 2.45. The van der Waals surface area contributed by atoms with Gasteiger partial charge in [0.25, 0.3) is 0 Å². The first-order valence-electron chi connectivity index (χ1n) is 41.8. The number of esters is 4. The second-order valence-electron chi connectivity index (χ2n) is 28.8. The van der Waals surface area contributed by atoms with E-state index in [0.717, 1.165) is 89.9 Å². The Kier molecular flexibility index (Phi) is 72.9. The summed E-state index contributed by atoms with van der Waals surface area (Å²) >= 11 is 0. The fraction of sp³-hybridized carbons (Fsp3) is 0.950. The van der Waals surface area contributed by atoms with E-state index in [9.17, 15) is 43.2 Å². The SMILES string of the molecule is CCCCCCCCCCCCCCCCCCCCCC(=O)O[C@H](COC(=O)CCCCCCCCCCCCCCCCCCCC)COP(=O)(O)OC[C@@H](O)COP(=O)(O)OC[C@@H](COC(=O)CCCCCCCCCCCC)OC(=O)CCCCCCCCCCCCCC. The van der Waals surface area contributed by atoms with Crippen LogP contribution in [0.4, 0.5) is 0 Å². The molecule has 0 bridgehead atoms. The molecule has 0 fully saturated rings. The standard InChI is InChI=1S/C80H156O17P2/c1-5-9-13-17-21-25-29-32-34-36-38-40-42-44-47-51-55-59-63-67-80(85)97-76(71-91-78(83)65-61-57-53-49-46-43-41-39-37-35-33-30-26-22-18-14-10-6-2)73-95-99(88,89)93-69-74(81)68-92-98(86,87)94-72-75(70-90-77(82)64-60-56-52-48-28-24-20-16-12-8-4)96-79(84)66-62-58-54-50-45-31-27-23-19-15-11-7-3/h74-76,81H,5-73H2,1-4H3,(H,86,87)(H,88,89)/t74-,75+,76+/m0/s1. The Labute approximate surface area is 607 Å². The van der Waals surface area contributed by atoms with Crippen molar-refractivity contribution < 1.29 is 80.2 Å². The molecule has 0 aliphatic rings. The average molecular weight is 1450 g/mol. The first kappa shape index (κ1) is 97.1. The van der Waals surface area contributed by atoms with Gasteiger partial charge in [0.2, 0.25) is 0 Å². The summed E-state index contributed by atoms with van der Waals surface area (Å²) in [4.78, 5) is 72.9. The summed E-state index contributed by atoms with van der Waals surface area (Å²) in [5.74, 6) is -2.11. The van der Waals surface area contributed by atoms with Gasteiger partial charge in [0.1, 0.15) is 19.3 Å². The van der Waals surface area contributed by atoms with Crippen LogP contribution in [0.3, 0.4) is 0 Å². The second kappa shape index (κ2) is 74.3. The molecule has 5 atom stereocenters. The van der Waals surface area contributed by atoms with Gasteiger partial charge in [0.05, 0.1) is 26.4 Å². The van der Waals surface area contributed by atoms with Crippen LogP contribution in [0.2, 0.25) is 0 Å². The van der Waals surface area contributed by atoms with Crippen molar-refractivity contribution in [2.45, 2.75) is 451 Å². The molecule has 3 N–H and O–H groups in total. The maximum Gasteiger partial charge on any atom is 0.472 e. The highest BCUT2D eigenvalue weighted by atomic mass is 31.2. The van der Waals surface area contributed by atoms with Gasteiger partial charge in [0, 0.05) is 25.7 Å². The molecule has 2 unspecified atom stereocenters. The molecular weight excluding hydrogens is 1290 g/mol. The summed E-state index contributed by atoms with van der Waals surface area (Å²) in [6.45, 7) is 5.01. The number of aliphatic hydroxyl groups excluding tert-OH is 1. The number of rotatable bonds is 81. The molecule has 19 heteroatoms. The van der Waals surface area contributed by atoms with E-state index in [1.807, 2.05) is 0 Å². The number of hydrogen-bond acceptors (Lipinski definition) is 15. The van der Waals surface area contributed by atoms with Gasteiger partial charge in [0.15, 0.2) is 12.2 Å². The van der Waals surface area contributed by atoms with Gasteiger partial charge < -0.3 is 33.8 Å². The first-order valence-corrected chi connectivity index (χ1v) is 44.8. The summed E-state index contributed by atoms with van der Waals surface area (Å²) in [6.07, 6.45) is 66.6. The molecule has 0 aromatic rings. The van der Waals surface area contributed by atoms with E-state index in [-0.39, 0.29) is 25.7 Å². The molecule has 0 aromatic heterocycles. The third kappa shape index (κ3) is 74.1. The Balaban J connectivity index is 5.21. The molecule has 17 nitrogen and oxygen atoms in total. The molecule has 0 heterocycles. The Bertz CT molecular complexity index is 1880. The first-order chi connectivity index (χ1) is 48.2. The van der Waals surface area contributed by atoms with Crippen molar-refractivity contribution >= 4 is 39.5 Å². The van der Waals surface area contributed by atoms with Crippen LogP contribution >= 0.6 is 15.6 Å². The zero-order chi connectivity index (χ0) is 72.5. The van der Waals surface area contributed by atoms with Crippen molar-refractivity contribution in [3.05, 3.63) is 0 Å². The lowest BCUT2D eigenvalue weighted by atomic mass is 10.0. The third-order valence-corrected chi connectivity index (χ3v) is 20.8. The van der Waals surface area contributed by atoms with Gasteiger partial charge in [-0.15, -0.1) is 0 Å². The van der Waals surface area contributed by atoms with Crippen LogP contribution in [0, 0.1) is 0 Å². The molecule has 588 valence electrons. The van der Waals surface area contributed by atoms with Crippen molar-refractivity contribution in [3.8, 4) is 0 Å². The van der Waals surface area contributed by atoms with Gasteiger partial charge in [-0.25, -0.2) is 9.13 Å². The van der Waals surface area contributed by atoms with Gasteiger partial charge in [-0.3, -0.25) is 37.3 Å². The predicted molar refractivity (Wildman–Crippen MR) is 405 cm³/mol. The second-order valence-corrected chi connectivity index (χ2v) is 31.7. The number of ether oxygens (including phenoxy) is 4. The predicted octanol–water partition coefficient (Wildman–Crippen LogP) is 24.2. The molecule has 0 saturated heterocycles. The minimum atomic E-state index is -4.96. The average Bonchev–Trinajstić information content (AvgIpc) is 2.69. The van der Waals surface area contributed by atoms with Crippen molar-refractivity contribution in [3.63, 3.8) is 0 Å².